The van der Waals surface area contributed by atoms with Crippen molar-refractivity contribution in [2.75, 3.05) is 6.54 Å². The predicted molar refractivity (Wildman–Crippen MR) is 111 cm³/mol. The maximum atomic E-state index is 12.3. The molecule has 2 aromatic rings. The lowest BCUT2D eigenvalue weighted by molar-refractivity contribution is -0.121. The fraction of sp³-hybridized carbons (Fsp3) is 0.545. The van der Waals surface area contributed by atoms with Crippen LogP contribution in [0.4, 0.5) is 0 Å². The van der Waals surface area contributed by atoms with Crippen LogP contribution in [0, 0.1) is 20.8 Å². The van der Waals surface area contributed by atoms with Crippen LogP contribution < -0.4 is 11.1 Å². The lowest BCUT2D eigenvalue weighted by Gasteiger charge is -2.16. The minimum Gasteiger partial charge on any atom is -0.352 e. The summed E-state index contributed by atoms with van der Waals surface area (Å²) in [5, 5.41) is 7.76. The molecule has 0 aliphatic rings. The summed E-state index contributed by atoms with van der Waals surface area (Å²) in [6, 6.07) is 8.62. The van der Waals surface area contributed by atoms with Crippen LogP contribution in [0.5, 0.6) is 0 Å². The van der Waals surface area contributed by atoms with Gasteiger partial charge >= 0.3 is 0 Å². The molecule has 3 N–H and O–H groups in total. The molecule has 1 amide bonds. The van der Waals surface area contributed by atoms with Gasteiger partial charge in [0.2, 0.25) is 5.91 Å². The number of aromatic nitrogens is 2. The number of benzene rings is 1. The quantitative estimate of drug-likeness (QED) is 0.673. The smallest absolute Gasteiger partial charge is 0.220 e. The summed E-state index contributed by atoms with van der Waals surface area (Å²) < 4.78 is 2.04. The van der Waals surface area contributed by atoms with Gasteiger partial charge in [-0.1, -0.05) is 49.6 Å². The second kappa shape index (κ2) is 10.3. The van der Waals surface area contributed by atoms with Gasteiger partial charge in [0.25, 0.3) is 0 Å². The lowest BCUT2D eigenvalue weighted by Crippen LogP contribution is -2.40. The average molecular weight is 371 g/mol. The normalized spacial score (nSPS) is 12.2. The predicted octanol–water partition coefficient (Wildman–Crippen LogP) is 3.42. The zero-order chi connectivity index (χ0) is 19.8. The number of nitrogens with two attached hydrogens (primary N) is 1. The lowest BCUT2D eigenvalue weighted by atomic mass is 10.1. The Bertz CT molecular complexity index is 734. The van der Waals surface area contributed by atoms with Crippen molar-refractivity contribution in [2.45, 2.75) is 72.4 Å². The second-order valence-electron chi connectivity index (χ2n) is 7.43. The van der Waals surface area contributed by atoms with Crippen molar-refractivity contribution in [3.05, 3.63) is 52.3 Å². The van der Waals surface area contributed by atoms with Crippen LogP contribution in [0.25, 0.3) is 0 Å². The van der Waals surface area contributed by atoms with E-state index in [1.165, 1.54) is 16.7 Å². The van der Waals surface area contributed by atoms with Crippen molar-refractivity contribution >= 4 is 5.91 Å². The summed E-state index contributed by atoms with van der Waals surface area (Å²) in [7, 11) is 0. The van der Waals surface area contributed by atoms with Crippen LogP contribution in [0.1, 0.15) is 60.7 Å². The Balaban J connectivity index is 1.95. The van der Waals surface area contributed by atoms with E-state index in [1.807, 2.05) is 11.6 Å². The van der Waals surface area contributed by atoms with Gasteiger partial charge in [-0.25, -0.2) is 0 Å². The Labute approximate surface area is 163 Å². The summed E-state index contributed by atoms with van der Waals surface area (Å²) in [6.07, 6.45) is 4.34. The van der Waals surface area contributed by atoms with E-state index in [0.29, 0.717) is 19.4 Å². The summed E-state index contributed by atoms with van der Waals surface area (Å²) in [6.45, 7) is 9.60. The number of unbranched alkanes of at least 4 members (excludes halogenated alkanes) is 1. The zero-order valence-electron chi connectivity index (χ0n) is 17.2. The highest BCUT2D eigenvalue weighted by atomic mass is 16.1. The Kier molecular flexibility index (Phi) is 8.04. The van der Waals surface area contributed by atoms with Crippen LogP contribution in [-0.4, -0.2) is 28.3 Å². The Morgan fingerprint density at radius 3 is 2.56 bits per heavy atom. The molecule has 0 saturated heterocycles. The highest BCUT2D eigenvalue weighted by molar-refractivity contribution is 5.76. The molecule has 0 fully saturated rings. The molecule has 27 heavy (non-hydrogen) atoms. The highest BCUT2D eigenvalue weighted by Gasteiger charge is 2.15. The van der Waals surface area contributed by atoms with Crippen molar-refractivity contribution < 1.29 is 4.79 Å². The number of aryl methyl sites for hydroxylation is 2. The minimum atomic E-state index is 0.0756. The SMILES string of the molecule is CCCCC(CN)NC(=O)CCc1c(C)nn(Cc2ccc(C)cc2)c1C. The molecule has 1 unspecified atom stereocenters. The Morgan fingerprint density at radius 1 is 1.22 bits per heavy atom. The number of hydrogen-bond donors (Lipinski definition) is 2. The highest BCUT2D eigenvalue weighted by Crippen LogP contribution is 2.17. The van der Waals surface area contributed by atoms with Crippen molar-refractivity contribution in [1.29, 1.82) is 0 Å². The van der Waals surface area contributed by atoms with Gasteiger partial charge in [0, 0.05) is 24.7 Å². The molecule has 5 nitrogen and oxygen atoms in total. The molecule has 0 saturated carbocycles. The van der Waals surface area contributed by atoms with Gasteiger partial charge in [-0.15, -0.1) is 0 Å². The van der Waals surface area contributed by atoms with E-state index in [1.54, 1.807) is 0 Å². The first-order chi connectivity index (χ1) is 12.9. The standard InChI is InChI=1S/C22H34N4O/c1-5-6-7-20(14-23)24-22(27)13-12-21-17(3)25-26(18(21)4)15-19-10-8-16(2)9-11-19/h8-11,20H,5-7,12-15,23H2,1-4H3,(H,24,27). The van der Waals surface area contributed by atoms with Crippen LogP contribution in [0.2, 0.25) is 0 Å². The van der Waals surface area contributed by atoms with Gasteiger partial charge in [0.15, 0.2) is 0 Å². The molecular weight excluding hydrogens is 336 g/mol. The van der Waals surface area contributed by atoms with E-state index in [-0.39, 0.29) is 11.9 Å². The van der Waals surface area contributed by atoms with Crippen molar-refractivity contribution in [2.24, 2.45) is 5.73 Å². The van der Waals surface area contributed by atoms with E-state index in [2.05, 4.69) is 55.5 Å². The Morgan fingerprint density at radius 2 is 1.93 bits per heavy atom. The third-order valence-electron chi connectivity index (χ3n) is 5.14. The second-order valence-corrected chi connectivity index (χ2v) is 7.43. The first-order valence-electron chi connectivity index (χ1n) is 10.0. The number of rotatable bonds is 10. The number of carbonyl (C=O) groups is 1. The van der Waals surface area contributed by atoms with Crippen LogP contribution in [0.15, 0.2) is 24.3 Å². The number of nitrogens with zero attached hydrogens (tertiary/aromatic N) is 2. The molecule has 0 radical (unpaired) electrons. The monoisotopic (exact) mass is 370 g/mol. The van der Waals surface area contributed by atoms with Gasteiger partial charge in [-0.05, 0) is 44.7 Å². The maximum absolute atomic E-state index is 12.3. The van der Waals surface area contributed by atoms with Crippen LogP contribution in [-0.2, 0) is 17.8 Å². The van der Waals surface area contributed by atoms with Crippen molar-refractivity contribution in [1.82, 2.24) is 15.1 Å². The largest absolute Gasteiger partial charge is 0.352 e. The molecule has 0 aliphatic carbocycles. The fourth-order valence-corrected chi connectivity index (χ4v) is 3.35. The van der Waals surface area contributed by atoms with Crippen LogP contribution in [0.3, 0.4) is 0 Å². The number of nitrogens with one attached hydrogen (secondary N) is 1. The molecule has 1 aromatic carbocycles. The van der Waals surface area contributed by atoms with Crippen LogP contribution >= 0.6 is 0 Å². The van der Waals surface area contributed by atoms with Gasteiger partial charge < -0.3 is 11.1 Å². The molecule has 0 bridgehead atoms. The average Bonchev–Trinajstić information content (AvgIpc) is 2.92. The fourth-order valence-electron chi connectivity index (χ4n) is 3.35. The molecule has 1 heterocycles. The van der Waals surface area contributed by atoms with E-state index in [9.17, 15) is 4.79 Å². The van der Waals surface area contributed by atoms with Gasteiger partial charge in [0.1, 0.15) is 0 Å². The third kappa shape index (κ3) is 6.21. The summed E-state index contributed by atoms with van der Waals surface area (Å²) in [5.41, 5.74) is 11.6. The van der Waals surface area contributed by atoms with E-state index in [0.717, 1.165) is 37.2 Å². The molecule has 148 valence electrons. The maximum Gasteiger partial charge on any atom is 0.220 e. The van der Waals surface area contributed by atoms with Gasteiger partial charge in [-0.3, -0.25) is 9.48 Å². The van der Waals surface area contributed by atoms with E-state index in [4.69, 9.17) is 5.73 Å². The number of carbonyl (C=O) groups excluding carboxylic acids is 1. The third-order valence-corrected chi connectivity index (χ3v) is 5.14. The first kappa shape index (κ1) is 21.2. The molecule has 1 aromatic heterocycles. The summed E-state index contributed by atoms with van der Waals surface area (Å²) in [5.74, 6) is 0.0756. The topological polar surface area (TPSA) is 72.9 Å². The van der Waals surface area contributed by atoms with Crippen molar-refractivity contribution in [3.8, 4) is 0 Å². The molecule has 0 aliphatic heterocycles. The number of hydrogen-bond acceptors (Lipinski definition) is 3. The summed E-state index contributed by atoms with van der Waals surface area (Å²) >= 11 is 0. The number of amides is 1. The molecule has 1 atom stereocenters. The molecular formula is C22H34N4O. The van der Waals surface area contributed by atoms with E-state index < -0.39 is 0 Å². The van der Waals surface area contributed by atoms with Gasteiger partial charge in [-0.2, -0.15) is 5.10 Å². The first-order valence-corrected chi connectivity index (χ1v) is 10.0. The van der Waals surface area contributed by atoms with Crippen molar-refractivity contribution in [3.63, 3.8) is 0 Å². The Hall–Kier alpha value is -2.14. The summed E-state index contributed by atoms with van der Waals surface area (Å²) in [4.78, 5) is 12.3. The molecule has 5 heteroatoms. The minimum absolute atomic E-state index is 0.0756. The molecule has 2 rings (SSSR count). The van der Waals surface area contributed by atoms with Gasteiger partial charge in [0.05, 0.1) is 12.2 Å². The molecule has 0 spiro atoms. The zero-order valence-corrected chi connectivity index (χ0v) is 17.2. The van der Waals surface area contributed by atoms with E-state index >= 15 is 0 Å².